The number of allylic oxidation sites excluding steroid dienone is 2. The zero-order valence-corrected chi connectivity index (χ0v) is 22.6. The van der Waals surface area contributed by atoms with E-state index in [2.05, 4.69) is 16.4 Å². The van der Waals surface area contributed by atoms with Crippen LogP contribution in [0, 0.1) is 13.8 Å². The van der Waals surface area contributed by atoms with Gasteiger partial charge in [-0.15, -0.1) is 0 Å². The predicted molar refractivity (Wildman–Crippen MR) is 150 cm³/mol. The van der Waals surface area contributed by atoms with E-state index in [4.69, 9.17) is 9.15 Å². The zero-order valence-electron chi connectivity index (χ0n) is 22.6. The Morgan fingerprint density at radius 2 is 1.84 bits per heavy atom. The number of aryl methyl sites for hydroxylation is 2. The second-order valence-electron chi connectivity index (χ2n) is 10.9. The van der Waals surface area contributed by atoms with Crippen LogP contribution in [0.2, 0.25) is 0 Å². The van der Waals surface area contributed by atoms with E-state index in [-0.39, 0.29) is 17.8 Å². The number of hydrogen-bond acceptors (Lipinski definition) is 6. The summed E-state index contributed by atoms with van der Waals surface area (Å²) in [5.74, 6) is 0.224. The zero-order chi connectivity index (χ0) is 27.2. The first-order valence-electron chi connectivity index (χ1n) is 12.8. The van der Waals surface area contributed by atoms with Crippen molar-refractivity contribution in [3.8, 4) is 0 Å². The summed E-state index contributed by atoms with van der Waals surface area (Å²) >= 11 is 0. The number of benzene rings is 3. The lowest BCUT2D eigenvalue weighted by molar-refractivity contribution is 0.00705. The summed E-state index contributed by atoms with van der Waals surface area (Å²) in [4.78, 5) is 30.7. The van der Waals surface area contributed by atoms with Crippen molar-refractivity contribution in [3.63, 3.8) is 0 Å². The number of nitrogens with one attached hydrogen (secondary N) is 1. The van der Waals surface area contributed by atoms with Gasteiger partial charge in [0.05, 0.1) is 5.56 Å². The number of fused-ring (bicyclic) bond motifs is 2. The number of ether oxygens (including phenoxy) is 1. The molecule has 0 radical (unpaired) electrons. The van der Waals surface area contributed by atoms with Gasteiger partial charge in [0.25, 0.3) is 0 Å². The molecule has 38 heavy (non-hydrogen) atoms. The molecule has 0 saturated carbocycles. The van der Waals surface area contributed by atoms with Crippen LogP contribution in [-0.2, 0) is 11.2 Å². The number of carbonyl (C=O) groups is 2. The minimum absolute atomic E-state index is 0.0102. The quantitative estimate of drug-likeness (QED) is 0.283. The minimum atomic E-state index is -0.595. The predicted octanol–water partition coefficient (Wildman–Crippen LogP) is 7.40. The van der Waals surface area contributed by atoms with Crippen LogP contribution in [0.1, 0.15) is 82.6 Å². The fraction of sp³-hybridized carbons (Fsp3) is 0.281. The summed E-state index contributed by atoms with van der Waals surface area (Å²) in [5.41, 5.74) is 7.71. The molecule has 6 heteroatoms. The van der Waals surface area contributed by atoms with E-state index in [0.717, 1.165) is 44.5 Å². The van der Waals surface area contributed by atoms with Crippen LogP contribution < -0.4 is 5.32 Å². The Morgan fingerprint density at radius 1 is 1.08 bits per heavy atom. The van der Waals surface area contributed by atoms with Gasteiger partial charge in [-0.2, -0.15) is 0 Å². The van der Waals surface area contributed by atoms with Gasteiger partial charge in [-0.05, 0) is 99.7 Å². The Labute approximate surface area is 222 Å². The van der Waals surface area contributed by atoms with Gasteiger partial charge in [0.15, 0.2) is 17.3 Å². The fourth-order valence-corrected chi connectivity index (χ4v) is 4.98. The standard InChI is InChI=1S/C32H32N2O4/c1-18-13-24(19(2)33-27-10-8-7-9-23(27)31(36)38-32(4,5)6)25-15-22(17-29(35)26(25)14-18)21-11-12-30-28(16-21)34-20(3)37-30/h7-14,16-17,19,33H,15H2,1-6H3. The van der Waals surface area contributed by atoms with E-state index in [9.17, 15) is 9.59 Å². The molecule has 1 aliphatic rings. The third kappa shape index (κ3) is 5.12. The number of rotatable bonds is 5. The maximum absolute atomic E-state index is 13.3. The van der Waals surface area contributed by atoms with Crippen molar-refractivity contribution >= 4 is 34.1 Å². The van der Waals surface area contributed by atoms with Crippen LogP contribution in [0.4, 0.5) is 5.69 Å². The summed E-state index contributed by atoms with van der Waals surface area (Å²) < 4.78 is 11.2. The van der Waals surface area contributed by atoms with Gasteiger partial charge in [0.1, 0.15) is 11.1 Å². The number of aromatic nitrogens is 1. The van der Waals surface area contributed by atoms with Gasteiger partial charge in [-0.25, -0.2) is 9.78 Å². The van der Waals surface area contributed by atoms with Gasteiger partial charge in [0, 0.05) is 24.2 Å². The van der Waals surface area contributed by atoms with Crippen molar-refractivity contribution in [1.29, 1.82) is 0 Å². The average Bonchev–Trinajstić information content (AvgIpc) is 3.22. The molecule has 0 fully saturated rings. The maximum Gasteiger partial charge on any atom is 0.340 e. The first-order valence-corrected chi connectivity index (χ1v) is 12.8. The molecular weight excluding hydrogens is 476 g/mol. The molecule has 4 aromatic rings. The highest BCUT2D eigenvalue weighted by molar-refractivity contribution is 6.12. The average molecular weight is 509 g/mol. The SMILES string of the molecule is Cc1cc2c(c(C(C)Nc3ccccc3C(=O)OC(C)(C)C)c1)CC(c1ccc3oc(C)nc3c1)=CC2=O. The van der Waals surface area contributed by atoms with E-state index < -0.39 is 5.60 Å². The molecule has 0 amide bonds. The lowest BCUT2D eigenvalue weighted by Crippen LogP contribution is -2.25. The third-order valence-corrected chi connectivity index (χ3v) is 6.62. The number of ketones is 1. The highest BCUT2D eigenvalue weighted by Gasteiger charge is 2.26. The number of esters is 1. The van der Waals surface area contributed by atoms with E-state index in [1.165, 1.54) is 0 Å². The molecule has 1 aliphatic carbocycles. The first kappa shape index (κ1) is 25.5. The highest BCUT2D eigenvalue weighted by Crippen LogP contribution is 2.36. The normalized spacial score (nSPS) is 14.2. The molecule has 1 atom stereocenters. The number of para-hydroxylation sites is 1. The number of oxazole rings is 1. The lowest BCUT2D eigenvalue weighted by atomic mass is 9.82. The molecule has 0 aliphatic heterocycles. The number of anilines is 1. The Morgan fingerprint density at radius 3 is 2.61 bits per heavy atom. The molecule has 1 heterocycles. The van der Waals surface area contributed by atoms with Gasteiger partial charge in [-0.1, -0.05) is 29.8 Å². The molecule has 1 N–H and O–H groups in total. The monoisotopic (exact) mass is 508 g/mol. The summed E-state index contributed by atoms with van der Waals surface area (Å²) in [7, 11) is 0. The Hall–Kier alpha value is -4.19. The second kappa shape index (κ2) is 9.60. The fourth-order valence-electron chi connectivity index (χ4n) is 4.98. The summed E-state index contributed by atoms with van der Waals surface area (Å²) in [6, 6.07) is 17.1. The molecule has 1 aromatic heterocycles. The van der Waals surface area contributed by atoms with E-state index in [0.29, 0.717) is 23.6 Å². The molecule has 1 unspecified atom stereocenters. The van der Waals surface area contributed by atoms with Crippen molar-refractivity contribution in [2.24, 2.45) is 0 Å². The van der Waals surface area contributed by atoms with Gasteiger partial charge >= 0.3 is 5.97 Å². The molecular formula is C32H32N2O4. The summed E-state index contributed by atoms with van der Waals surface area (Å²) in [6.07, 6.45) is 2.34. The van der Waals surface area contributed by atoms with Crippen molar-refractivity contribution in [1.82, 2.24) is 4.98 Å². The van der Waals surface area contributed by atoms with Crippen LogP contribution in [0.3, 0.4) is 0 Å². The molecule has 0 bridgehead atoms. The van der Waals surface area contributed by atoms with Crippen molar-refractivity contribution < 1.29 is 18.7 Å². The second-order valence-corrected chi connectivity index (χ2v) is 10.9. The van der Waals surface area contributed by atoms with E-state index >= 15 is 0 Å². The minimum Gasteiger partial charge on any atom is -0.456 e. The van der Waals surface area contributed by atoms with Gasteiger partial charge in [0.2, 0.25) is 0 Å². The summed E-state index contributed by atoms with van der Waals surface area (Å²) in [5, 5.41) is 3.51. The number of carbonyl (C=O) groups excluding carboxylic acids is 2. The summed E-state index contributed by atoms with van der Waals surface area (Å²) in [6.45, 7) is 11.4. The lowest BCUT2D eigenvalue weighted by Gasteiger charge is -2.26. The molecule has 6 nitrogen and oxygen atoms in total. The topological polar surface area (TPSA) is 81.4 Å². The third-order valence-electron chi connectivity index (χ3n) is 6.62. The largest absolute Gasteiger partial charge is 0.456 e. The van der Waals surface area contributed by atoms with Crippen molar-refractivity contribution in [3.05, 3.63) is 99.9 Å². The molecule has 0 spiro atoms. The van der Waals surface area contributed by atoms with E-state index in [1.807, 2.05) is 84.0 Å². The molecule has 194 valence electrons. The number of nitrogens with zero attached hydrogens (tertiary/aromatic N) is 1. The van der Waals surface area contributed by atoms with Crippen LogP contribution in [-0.4, -0.2) is 22.3 Å². The van der Waals surface area contributed by atoms with E-state index in [1.54, 1.807) is 12.1 Å². The van der Waals surface area contributed by atoms with Crippen LogP contribution >= 0.6 is 0 Å². The first-order chi connectivity index (χ1) is 18.0. The molecule has 0 saturated heterocycles. The van der Waals surface area contributed by atoms with Crippen LogP contribution in [0.15, 0.2) is 65.1 Å². The van der Waals surface area contributed by atoms with Crippen molar-refractivity contribution in [2.75, 3.05) is 5.32 Å². The highest BCUT2D eigenvalue weighted by atomic mass is 16.6. The van der Waals surface area contributed by atoms with Gasteiger partial charge < -0.3 is 14.5 Å². The van der Waals surface area contributed by atoms with Gasteiger partial charge in [-0.3, -0.25) is 4.79 Å². The van der Waals surface area contributed by atoms with Crippen molar-refractivity contribution in [2.45, 2.75) is 59.6 Å². The van der Waals surface area contributed by atoms with Crippen LogP contribution in [0.5, 0.6) is 0 Å². The number of hydrogen-bond donors (Lipinski definition) is 1. The van der Waals surface area contributed by atoms with Crippen LogP contribution in [0.25, 0.3) is 16.7 Å². The Bertz CT molecular complexity index is 1600. The maximum atomic E-state index is 13.3. The molecule has 5 rings (SSSR count). The molecule has 3 aromatic carbocycles. The Balaban J connectivity index is 1.48. The Kier molecular flexibility index (Phi) is 6.43. The smallest absolute Gasteiger partial charge is 0.340 e.